The maximum atomic E-state index is 12.8. The Kier molecular flexibility index (Phi) is 5.19. The largest absolute Gasteiger partial charge is 0.298 e. The predicted octanol–water partition coefficient (Wildman–Crippen LogP) is 4.77. The average Bonchev–Trinajstić information content (AvgIpc) is 3.42. The fraction of sp³-hybridized carbons (Fsp3) is 0. The van der Waals surface area contributed by atoms with Crippen molar-refractivity contribution >= 4 is 45.6 Å². The standard InChI is InChI=1S/C24H14N4O5S/c29-21(26-24-25-20(13-34-24)14-8-10-16(11-9-14)28(32)33)15-4-3-5-17(12-15)27-22(30)18-6-1-2-7-19(18)23(27)31/h1-13H,(H,25,26,29). The molecule has 0 unspecified atom stereocenters. The van der Waals surface area contributed by atoms with Gasteiger partial charge in [-0.3, -0.25) is 29.8 Å². The molecule has 0 aliphatic carbocycles. The molecular weight excluding hydrogens is 456 g/mol. The van der Waals surface area contributed by atoms with Crippen LogP contribution < -0.4 is 10.2 Å². The lowest BCUT2D eigenvalue weighted by Gasteiger charge is -2.14. The highest BCUT2D eigenvalue weighted by molar-refractivity contribution is 7.14. The molecule has 0 saturated heterocycles. The Morgan fingerprint density at radius 1 is 0.941 bits per heavy atom. The maximum Gasteiger partial charge on any atom is 0.269 e. The van der Waals surface area contributed by atoms with Crippen LogP contribution in [0.2, 0.25) is 0 Å². The Morgan fingerprint density at radius 3 is 2.26 bits per heavy atom. The summed E-state index contributed by atoms with van der Waals surface area (Å²) in [5, 5.41) is 15.6. The molecule has 1 aliphatic rings. The fourth-order valence-electron chi connectivity index (χ4n) is 3.60. The average molecular weight is 470 g/mol. The van der Waals surface area contributed by atoms with Gasteiger partial charge in [0.25, 0.3) is 23.4 Å². The zero-order chi connectivity index (χ0) is 23.8. The van der Waals surface area contributed by atoms with Crippen LogP contribution in [0.5, 0.6) is 0 Å². The van der Waals surface area contributed by atoms with E-state index in [-0.39, 0.29) is 11.3 Å². The number of non-ortho nitro benzene ring substituents is 1. The summed E-state index contributed by atoms with van der Waals surface area (Å²) in [6.45, 7) is 0. The first-order valence-corrected chi connectivity index (χ1v) is 10.9. The van der Waals surface area contributed by atoms with Crippen LogP contribution in [0.15, 0.2) is 78.2 Å². The van der Waals surface area contributed by atoms with Crippen LogP contribution in [-0.4, -0.2) is 27.6 Å². The van der Waals surface area contributed by atoms with Crippen LogP contribution >= 0.6 is 11.3 Å². The van der Waals surface area contributed by atoms with Crippen LogP contribution in [0, 0.1) is 10.1 Å². The molecule has 10 heteroatoms. The Labute approximate surface area is 196 Å². The van der Waals surface area contributed by atoms with Gasteiger partial charge in [-0.05, 0) is 42.5 Å². The third-order valence-electron chi connectivity index (χ3n) is 5.26. The number of aromatic nitrogens is 1. The van der Waals surface area contributed by atoms with E-state index in [1.54, 1.807) is 60.0 Å². The number of rotatable bonds is 5. The van der Waals surface area contributed by atoms with Crippen molar-refractivity contribution in [2.75, 3.05) is 10.2 Å². The number of nitrogens with zero attached hydrogens (tertiary/aromatic N) is 3. The zero-order valence-corrected chi connectivity index (χ0v) is 18.1. The van der Waals surface area contributed by atoms with Gasteiger partial charge >= 0.3 is 0 Å². The minimum Gasteiger partial charge on any atom is -0.298 e. The first-order valence-electron chi connectivity index (χ1n) is 10.0. The second-order valence-electron chi connectivity index (χ2n) is 7.34. The fourth-order valence-corrected chi connectivity index (χ4v) is 4.31. The summed E-state index contributed by atoms with van der Waals surface area (Å²) in [6, 6.07) is 18.8. The number of imide groups is 1. The van der Waals surface area contributed by atoms with Gasteiger partial charge in [-0.1, -0.05) is 18.2 Å². The van der Waals surface area contributed by atoms with Crippen molar-refractivity contribution in [3.63, 3.8) is 0 Å². The van der Waals surface area contributed by atoms with Crippen molar-refractivity contribution in [2.45, 2.75) is 0 Å². The van der Waals surface area contributed by atoms with Crippen LogP contribution in [-0.2, 0) is 0 Å². The first-order chi connectivity index (χ1) is 16.4. The number of carbonyl (C=O) groups excluding carboxylic acids is 3. The molecule has 1 aliphatic heterocycles. The minimum atomic E-state index is -0.480. The van der Waals surface area contributed by atoms with Crippen molar-refractivity contribution in [1.29, 1.82) is 0 Å². The second kappa shape index (κ2) is 8.34. The minimum absolute atomic E-state index is 0.0227. The van der Waals surface area contributed by atoms with E-state index in [2.05, 4.69) is 10.3 Å². The summed E-state index contributed by atoms with van der Waals surface area (Å²) in [6.07, 6.45) is 0. The molecular formula is C24H14N4O5S. The van der Waals surface area contributed by atoms with Crippen LogP contribution in [0.1, 0.15) is 31.1 Å². The molecule has 0 bridgehead atoms. The molecule has 166 valence electrons. The summed E-state index contributed by atoms with van der Waals surface area (Å²) in [4.78, 5) is 54.0. The number of fused-ring (bicyclic) bond motifs is 1. The summed E-state index contributed by atoms with van der Waals surface area (Å²) in [5.74, 6) is -1.33. The molecule has 5 rings (SSSR count). The molecule has 4 aromatic rings. The molecule has 2 heterocycles. The van der Waals surface area contributed by atoms with E-state index < -0.39 is 22.6 Å². The Hall–Kier alpha value is -4.70. The SMILES string of the molecule is O=C(Nc1nc(-c2ccc([N+](=O)[O-])cc2)cs1)c1cccc(N2C(=O)c3ccccc3C2=O)c1. The monoisotopic (exact) mass is 470 g/mol. The quantitative estimate of drug-likeness (QED) is 0.255. The highest BCUT2D eigenvalue weighted by Crippen LogP contribution is 2.30. The van der Waals surface area contributed by atoms with E-state index in [0.717, 1.165) is 4.90 Å². The summed E-state index contributed by atoms with van der Waals surface area (Å²) < 4.78 is 0. The lowest BCUT2D eigenvalue weighted by atomic mass is 10.1. The third kappa shape index (κ3) is 3.71. The number of amides is 3. The molecule has 1 aromatic heterocycles. The summed E-state index contributed by atoms with van der Waals surface area (Å²) >= 11 is 1.20. The van der Waals surface area contributed by atoms with Crippen LogP contribution in [0.3, 0.4) is 0 Å². The molecule has 1 N–H and O–H groups in total. The molecule has 0 fully saturated rings. The number of thiazole rings is 1. The van der Waals surface area contributed by atoms with Gasteiger partial charge in [-0.15, -0.1) is 11.3 Å². The molecule has 3 aromatic carbocycles. The predicted molar refractivity (Wildman–Crippen MR) is 126 cm³/mol. The summed E-state index contributed by atoms with van der Waals surface area (Å²) in [7, 11) is 0. The van der Waals surface area contributed by atoms with Gasteiger partial charge in [-0.2, -0.15) is 0 Å². The Bertz CT molecular complexity index is 1440. The van der Waals surface area contributed by atoms with E-state index in [9.17, 15) is 24.5 Å². The van der Waals surface area contributed by atoms with Gasteiger partial charge < -0.3 is 0 Å². The molecule has 0 saturated carbocycles. The van der Waals surface area contributed by atoms with Crippen LogP contribution in [0.4, 0.5) is 16.5 Å². The first kappa shape index (κ1) is 21.2. The zero-order valence-electron chi connectivity index (χ0n) is 17.3. The Morgan fingerprint density at radius 2 is 1.62 bits per heavy atom. The van der Waals surface area contributed by atoms with Gasteiger partial charge in [0.15, 0.2) is 5.13 Å². The molecule has 9 nitrogen and oxygen atoms in total. The van der Waals surface area contributed by atoms with E-state index >= 15 is 0 Å². The molecule has 0 radical (unpaired) electrons. The number of nitrogens with one attached hydrogen (secondary N) is 1. The van der Waals surface area contributed by atoms with Gasteiger partial charge in [-0.25, -0.2) is 9.88 Å². The topological polar surface area (TPSA) is 123 Å². The van der Waals surface area contributed by atoms with E-state index in [1.165, 1.54) is 29.5 Å². The maximum absolute atomic E-state index is 12.8. The second-order valence-corrected chi connectivity index (χ2v) is 8.20. The van der Waals surface area contributed by atoms with Crippen molar-refractivity contribution < 1.29 is 19.3 Å². The van der Waals surface area contributed by atoms with Gasteiger partial charge in [0.1, 0.15) is 0 Å². The highest BCUT2D eigenvalue weighted by atomic mass is 32.1. The smallest absolute Gasteiger partial charge is 0.269 e. The Balaban J connectivity index is 1.34. The number of nitro groups is 1. The molecule has 3 amide bonds. The van der Waals surface area contributed by atoms with Gasteiger partial charge in [0, 0.05) is 28.6 Å². The number of nitro benzene ring substituents is 1. The highest BCUT2D eigenvalue weighted by Gasteiger charge is 2.36. The number of hydrogen-bond donors (Lipinski definition) is 1. The normalized spacial score (nSPS) is 12.5. The number of anilines is 2. The van der Waals surface area contributed by atoms with Crippen molar-refractivity contribution in [3.8, 4) is 11.3 Å². The van der Waals surface area contributed by atoms with Crippen LogP contribution in [0.25, 0.3) is 11.3 Å². The number of carbonyl (C=O) groups is 3. The van der Waals surface area contributed by atoms with Gasteiger partial charge in [0.05, 0.1) is 27.4 Å². The lowest BCUT2D eigenvalue weighted by Crippen LogP contribution is -2.29. The number of benzene rings is 3. The van der Waals surface area contributed by atoms with Crippen molar-refractivity contribution in [2.24, 2.45) is 0 Å². The lowest BCUT2D eigenvalue weighted by molar-refractivity contribution is -0.384. The molecule has 0 spiro atoms. The van der Waals surface area contributed by atoms with Crippen molar-refractivity contribution in [3.05, 3.63) is 105 Å². The van der Waals surface area contributed by atoms with E-state index in [1.807, 2.05) is 0 Å². The van der Waals surface area contributed by atoms with Gasteiger partial charge in [0.2, 0.25) is 0 Å². The van der Waals surface area contributed by atoms with E-state index in [0.29, 0.717) is 33.2 Å². The molecule has 0 atom stereocenters. The summed E-state index contributed by atoms with van der Waals surface area (Å²) in [5.41, 5.74) is 2.41. The molecule has 34 heavy (non-hydrogen) atoms. The van der Waals surface area contributed by atoms with Crippen molar-refractivity contribution in [1.82, 2.24) is 4.98 Å². The third-order valence-corrected chi connectivity index (χ3v) is 6.02. The van der Waals surface area contributed by atoms with E-state index in [4.69, 9.17) is 0 Å². The number of hydrogen-bond acceptors (Lipinski definition) is 7.